The maximum atomic E-state index is 11.7. The monoisotopic (exact) mass is 310 g/mol. The van der Waals surface area contributed by atoms with Crippen molar-refractivity contribution in [3.63, 3.8) is 0 Å². The first kappa shape index (κ1) is 14.5. The zero-order valence-electron chi connectivity index (χ0n) is 10.4. The van der Waals surface area contributed by atoms with Gasteiger partial charge in [0.25, 0.3) is 5.91 Å². The van der Waals surface area contributed by atoms with Crippen LogP contribution in [0, 0.1) is 0 Å². The van der Waals surface area contributed by atoms with Crippen LogP contribution in [0.25, 0.3) is 0 Å². The molecule has 0 radical (unpaired) electrons. The van der Waals surface area contributed by atoms with Gasteiger partial charge >= 0.3 is 0 Å². The minimum Gasteiger partial charge on any atom is -0.484 e. The van der Waals surface area contributed by atoms with E-state index in [4.69, 9.17) is 33.7 Å². The Morgan fingerprint density at radius 3 is 2.70 bits per heavy atom. The normalized spacial score (nSPS) is 10.1. The number of rotatable bonds is 4. The molecule has 104 valence electrons. The molecule has 0 saturated carbocycles. The number of hydrogen-bond donors (Lipinski definition) is 2. The number of carbonyl (C=O) groups excluding carboxylic acids is 1. The number of halogens is 2. The molecule has 20 heavy (non-hydrogen) atoms. The fraction of sp³-hybridized carbons (Fsp3) is 0.0714. The Balaban J connectivity index is 1.91. The van der Waals surface area contributed by atoms with Crippen molar-refractivity contribution in [3.8, 4) is 5.75 Å². The second-order valence-corrected chi connectivity index (χ2v) is 4.87. The Labute approximate surface area is 126 Å². The quantitative estimate of drug-likeness (QED) is 0.848. The molecule has 0 heterocycles. The van der Waals surface area contributed by atoms with E-state index in [2.05, 4.69) is 5.32 Å². The van der Waals surface area contributed by atoms with Crippen LogP contribution in [-0.4, -0.2) is 12.5 Å². The summed E-state index contributed by atoms with van der Waals surface area (Å²) in [6.45, 7) is -0.123. The third kappa shape index (κ3) is 4.05. The van der Waals surface area contributed by atoms with Crippen LogP contribution in [0.15, 0.2) is 42.5 Å². The lowest BCUT2D eigenvalue weighted by molar-refractivity contribution is -0.118. The van der Waals surface area contributed by atoms with E-state index in [0.717, 1.165) is 0 Å². The van der Waals surface area contributed by atoms with Gasteiger partial charge in [-0.25, -0.2) is 0 Å². The number of anilines is 2. The van der Waals surface area contributed by atoms with Crippen molar-refractivity contribution >= 4 is 40.5 Å². The van der Waals surface area contributed by atoms with E-state index in [1.165, 1.54) is 0 Å². The summed E-state index contributed by atoms with van der Waals surface area (Å²) in [5.74, 6) is 0.230. The smallest absolute Gasteiger partial charge is 0.262 e. The summed E-state index contributed by atoms with van der Waals surface area (Å²) in [5, 5.41) is 3.59. The fourth-order valence-corrected chi connectivity index (χ4v) is 1.87. The molecule has 2 aromatic rings. The van der Waals surface area contributed by atoms with Crippen LogP contribution in [0.5, 0.6) is 5.75 Å². The molecule has 2 rings (SSSR count). The van der Waals surface area contributed by atoms with E-state index in [9.17, 15) is 4.79 Å². The number of nitrogens with two attached hydrogens (primary N) is 1. The van der Waals surface area contributed by atoms with Gasteiger partial charge in [0, 0.05) is 10.7 Å². The first-order chi connectivity index (χ1) is 9.54. The molecular formula is C14H12Cl2N2O2. The summed E-state index contributed by atoms with van der Waals surface area (Å²) in [6.07, 6.45) is 0. The molecule has 3 N–H and O–H groups in total. The predicted molar refractivity (Wildman–Crippen MR) is 81.4 cm³/mol. The summed E-state index contributed by atoms with van der Waals surface area (Å²) >= 11 is 11.7. The van der Waals surface area contributed by atoms with E-state index in [1.807, 2.05) is 0 Å². The number of carbonyl (C=O) groups is 1. The first-order valence-corrected chi connectivity index (χ1v) is 6.53. The fourth-order valence-electron chi connectivity index (χ4n) is 1.51. The van der Waals surface area contributed by atoms with Crippen molar-refractivity contribution < 1.29 is 9.53 Å². The summed E-state index contributed by atoms with van der Waals surface area (Å²) in [7, 11) is 0. The number of nitrogen functional groups attached to an aromatic ring is 1. The van der Waals surface area contributed by atoms with Gasteiger partial charge in [-0.3, -0.25) is 4.79 Å². The largest absolute Gasteiger partial charge is 0.484 e. The van der Waals surface area contributed by atoms with Gasteiger partial charge in [-0.1, -0.05) is 29.3 Å². The molecule has 0 bridgehead atoms. The SMILES string of the molecule is Nc1ccc(NC(=O)COc2cccc(Cl)c2)cc1Cl. The number of hydrogen-bond acceptors (Lipinski definition) is 3. The topological polar surface area (TPSA) is 64.3 Å². The van der Waals surface area contributed by atoms with Crippen molar-refractivity contribution in [2.75, 3.05) is 17.7 Å². The van der Waals surface area contributed by atoms with Crippen LogP contribution in [0.2, 0.25) is 10.0 Å². The maximum Gasteiger partial charge on any atom is 0.262 e. The molecule has 0 aliphatic heterocycles. The highest BCUT2D eigenvalue weighted by atomic mass is 35.5. The van der Waals surface area contributed by atoms with Crippen molar-refractivity contribution in [1.29, 1.82) is 0 Å². The second kappa shape index (κ2) is 6.50. The number of benzene rings is 2. The number of amides is 1. The number of nitrogens with one attached hydrogen (secondary N) is 1. The molecule has 0 aliphatic rings. The van der Waals surface area contributed by atoms with Gasteiger partial charge in [-0.2, -0.15) is 0 Å². The standard InChI is InChI=1S/C14H12Cl2N2O2/c15-9-2-1-3-11(6-9)20-8-14(19)18-10-4-5-13(17)12(16)7-10/h1-7H,8,17H2,(H,18,19). The van der Waals surface area contributed by atoms with E-state index in [1.54, 1.807) is 42.5 Å². The minimum atomic E-state index is -0.300. The summed E-state index contributed by atoms with van der Waals surface area (Å²) < 4.78 is 5.32. The lowest BCUT2D eigenvalue weighted by Gasteiger charge is -2.08. The van der Waals surface area contributed by atoms with Gasteiger partial charge in [0.2, 0.25) is 0 Å². The second-order valence-electron chi connectivity index (χ2n) is 4.03. The van der Waals surface area contributed by atoms with Crippen molar-refractivity contribution in [2.24, 2.45) is 0 Å². The van der Waals surface area contributed by atoms with Crippen LogP contribution >= 0.6 is 23.2 Å². The molecule has 0 aromatic heterocycles. The molecule has 6 heteroatoms. The van der Waals surface area contributed by atoms with Gasteiger partial charge in [-0.15, -0.1) is 0 Å². The van der Waals surface area contributed by atoms with E-state index < -0.39 is 0 Å². The minimum absolute atomic E-state index is 0.123. The Morgan fingerprint density at radius 2 is 2.00 bits per heavy atom. The van der Waals surface area contributed by atoms with Crippen LogP contribution in [0.1, 0.15) is 0 Å². The van der Waals surface area contributed by atoms with Gasteiger partial charge in [0.1, 0.15) is 5.75 Å². The Bertz CT molecular complexity index is 632. The predicted octanol–water partition coefficient (Wildman–Crippen LogP) is 3.59. The van der Waals surface area contributed by atoms with Crippen molar-refractivity contribution in [1.82, 2.24) is 0 Å². The zero-order valence-corrected chi connectivity index (χ0v) is 11.9. The number of ether oxygens (including phenoxy) is 1. The highest BCUT2D eigenvalue weighted by molar-refractivity contribution is 6.33. The summed E-state index contributed by atoms with van der Waals surface area (Å²) in [6, 6.07) is 11.7. The van der Waals surface area contributed by atoms with Gasteiger partial charge in [0.15, 0.2) is 6.61 Å². The highest BCUT2D eigenvalue weighted by Crippen LogP contribution is 2.22. The maximum absolute atomic E-state index is 11.7. The summed E-state index contributed by atoms with van der Waals surface area (Å²) in [4.78, 5) is 11.7. The van der Waals surface area contributed by atoms with Gasteiger partial charge in [0.05, 0.1) is 10.7 Å². The lowest BCUT2D eigenvalue weighted by atomic mass is 10.3. The first-order valence-electron chi connectivity index (χ1n) is 5.78. The highest BCUT2D eigenvalue weighted by Gasteiger charge is 2.05. The third-order valence-electron chi connectivity index (χ3n) is 2.45. The zero-order chi connectivity index (χ0) is 14.5. The van der Waals surface area contributed by atoms with Gasteiger partial charge in [-0.05, 0) is 36.4 Å². The summed E-state index contributed by atoms with van der Waals surface area (Å²) in [5.41, 5.74) is 6.60. The molecule has 0 unspecified atom stereocenters. The Hall–Kier alpha value is -1.91. The van der Waals surface area contributed by atoms with Gasteiger partial charge < -0.3 is 15.8 Å². The van der Waals surface area contributed by atoms with E-state index in [0.29, 0.717) is 27.2 Å². The lowest BCUT2D eigenvalue weighted by Crippen LogP contribution is -2.20. The molecule has 0 fully saturated rings. The Kier molecular flexibility index (Phi) is 4.71. The molecular weight excluding hydrogens is 299 g/mol. The van der Waals surface area contributed by atoms with Crippen LogP contribution < -0.4 is 15.8 Å². The van der Waals surface area contributed by atoms with E-state index >= 15 is 0 Å². The molecule has 1 amide bonds. The average Bonchev–Trinajstić information content (AvgIpc) is 2.41. The molecule has 4 nitrogen and oxygen atoms in total. The van der Waals surface area contributed by atoms with Crippen LogP contribution in [0.4, 0.5) is 11.4 Å². The third-order valence-corrected chi connectivity index (χ3v) is 3.01. The van der Waals surface area contributed by atoms with Crippen LogP contribution in [0.3, 0.4) is 0 Å². The van der Waals surface area contributed by atoms with E-state index in [-0.39, 0.29) is 12.5 Å². The molecule has 0 saturated heterocycles. The molecule has 0 spiro atoms. The molecule has 0 atom stereocenters. The van der Waals surface area contributed by atoms with Crippen LogP contribution in [-0.2, 0) is 4.79 Å². The molecule has 2 aromatic carbocycles. The Morgan fingerprint density at radius 1 is 1.20 bits per heavy atom. The van der Waals surface area contributed by atoms with Crippen molar-refractivity contribution in [3.05, 3.63) is 52.5 Å². The molecule has 0 aliphatic carbocycles. The average molecular weight is 311 g/mol. The van der Waals surface area contributed by atoms with Crippen molar-refractivity contribution in [2.45, 2.75) is 0 Å².